The SMILES string of the molecule is CCNCC1(Cc2cnn(CC)c2)CCCC1. The van der Waals surface area contributed by atoms with Gasteiger partial charge >= 0.3 is 0 Å². The first-order valence-corrected chi connectivity index (χ1v) is 7.00. The Morgan fingerprint density at radius 2 is 2.12 bits per heavy atom. The van der Waals surface area contributed by atoms with Crippen molar-refractivity contribution < 1.29 is 0 Å². The molecule has 17 heavy (non-hydrogen) atoms. The number of nitrogens with one attached hydrogen (secondary N) is 1. The van der Waals surface area contributed by atoms with Crippen LogP contribution in [0.3, 0.4) is 0 Å². The summed E-state index contributed by atoms with van der Waals surface area (Å²) in [5, 5.41) is 7.93. The summed E-state index contributed by atoms with van der Waals surface area (Å²) in [6.45, 7) is 7.55. The normalized spacial score (nSPS) is 18.7. The highest BCUT2D eigenvalue weighted by Gasteiger charge is 2.33. The molecule has 0 atom stereocenters. The van der Waals surface area contributed by atoms with Gasteiger partial charge in [-0.3, -0.25) is 4.68 Å². The average Bonchev–Trinajstić information content (AvgIpc) is 2.97. The van der Waals surface area contributed by atoms with Crippen molar-refractivity contribution in [2.45, 2.75) is 52.5 Å². The molecule has 1 N–H and O–H groups in total. The van der Waals surface area contributed by atoms with E-state index in [0.29, 0.717) is 5.41 Å². The van der Waals surface area contributed by atoms with E-state index in [1.807, 2.05) is 4.68 Å². The summed E-state index contributed by atoms with van der Waals surface area (Å²) in [5.41, 5.74) is 1.91. The molecule has 0 saturated heterocycles. The maximum absolute atomic E-state index is 4.38. The number of hydrogen-bond acceptors (Lipinski definition) is 2. The first-order chi connectivity index (χ1) is 8.28. The maximum atomic E-state index is 4.38. The van der Waals surface area contributed by atoms with E-state index in [9.17, 15) is 0 Å². The molecular formula is C14H25N3. The second-order valence-electron chi connectivity index (χ2n) is 5.37. The van der Waals surface area contributed by atoms with E-state index >= 15 is 0 Å². The Bertz CT molecular complexity index is 337. The smallest absolute Gasteiger partial charge is 0.0521 e. The largest absolute Gasteiger partial charge is 0.316 e. The minimum atomic E-state index is 0.498. The summed E-state index contributed by atoms with van der Waals surface area (Å²) in [4.78, 5) is 0. The van der Waals surface area contributed by atoms with Crippen LogP contribution in [-0.2, 0) is 13.0 Å². The van der Waals surface area contributed by atoms with Crippen LogP contribution < -0.4 is 5.32 Å². The fraction of sp³-hybridized carbons (Fsp3) is 0.786. The van der Waals surface area contributed by atoms with Gasteiger partial charge in [-0.1, -0.05) is 19.8 Å². The van der Waals surface area contributed by atoms with Crippen molar-refractivity contribution in [1.29, 1.82) is 0 Å². The van der Waals surface area contributed by atoms with Gasteiger partial charge in [0.2, 0.25) is 0 Å². The summed E-state index contributed by atoms with van der Waals surface area (Å²) < 4.78 is 2.03. The molecule has 1 aliphatic carbocycles. The van der Waals surface area contributed by atoms with E-state index in [2.05, 4.69) is 36.7 Å². The Morgan fingerprint density at radius 1 is 1.35 bits per heavy atom. The molecule has 3 nitrogen and oxygen atoms in total. The van der Waals surface area contributed by atoms with Crippen molar-refractivity contribution in [3.8, 4) is 0 Å². The van der Waals surface area contributed by atoms with Gasteiger partial charge in [0.15, 0.2) is 0 Å². The Morgan fingerprint density at radius 3 is 2.71 bits per heavy atom. The standard InChI is InChI=1S/C14H25N3/c1-3-15-12-14(7-5-6-8-14)9-13-10-16-17(4-2)11-13/h10-11,15H,3-9,12H2,1-2H3. The van der Waals surface area contributed by atoms with Crippen LogP contribution in [-0.4, -0.2) is 22.9 Å². The second kappa shape index (κ2) is 5.67. The second-order valence-corrected chi connectivity index (χ2v) is 5.37. The minimum absolute atomic E-state index is 0.498. The number of aryl methyl sites for hydroxylation is 1. The third kappa shape index (κ3) is 3.09. The molecule has 1 saturated carbocycles. The molecule has 1 aromatic heterocycles. The fourth-order valence-electron chi connectivity index (χ4n) is 3.03. The zero-order chi connectivity index (χ0) is 12.1. The Balaban J connectivity index is 2.01. The molecule has 2 rings (SSSR count). The molecule has 0 radical (unpaired) electrons. The van der Waals surface area contributed by atoms with Gasteiger partial charge in [-0.15, -0.1) is 0 Å². The van der Waals surface area contributed by atoms with E-state index in [-0.39, 0.29) is 0 Å². The van der Waals surface area contributed by atoms with Gasteiger partial charge in [0.05, 0.1) is 6.20 Å². The molecule has 0 unspecified atom stereocenters. The van der Waals surface area contributed by atoms with Crippen molar-refractivity contribution in [2.75, 3.05) is 13.1 Å². The monoisotopic (exact) mass is 235 g/mol. The van der Waals surface area contributed by atoms with Crippen LogP contribution in [0.25, 0.3) is 0 Å². The molecule has 0 bridgehead atoms. The van der Waals surface area contributed by atoms with Gasteiger partial charge in [-0.05, 0) is 43.7 Å². The van der Waals surface area contributed by atoms with Crippen molar-refractivity contribution in [3.05, 3.63) is 18.0 Å². The van der Waals surface area contributed by atoms with Crippen molar-refractivity contribution >= 4 is 0 Å². The van der Waals surface area contributed by atoms with Crippen molar-refractivity contribution in [2.24, 2.45) is 5.41 Å². The number of rotatable bonds is 6. The Hall–Kier alpha value is -0.830. The summed E-state index contributed by atoms with van der Waals surface area (Å²) in [7, 11) is 0. The number of aromatic nitrogens is 2. The van der Waals surface area contributed by atoms with Crippen LogP contribution in [0.2, 0.25) is 0 Å². The zero-order valence-electron chi connectivity index (χ0n) is 11.2. The van der Waals surface area contributed by atoms with Gasteiger partial charge < -0.3 is 5.32 Å². The Labute approximate surface area is 105 Å². The fourth-order valence-corrected chi connectivity index (χ4v) is 3.03. The van der Waals surface area contributed by atoms with Gasteiger partial charge in [-0.25, -0.2) is 0 Å². The number of nitrogens with zero attached hydrogens (tertiary/aromatic N) is 2. The molecule has 1 aliphatic rings. The molecule has 0 aliphatic heterocycles. The Kier molecular flexibility index (Phi) is 4.21. The summed E-state index contributed by atoms with van der Waals surface area (Å²) >= 11 is 0. The van der Waals surface area contributed by atoms with Crippen LogP contribution in [0.5, 0.6) is 0 Å². The minimum Gasteiger partial charge on any atom is -0.316 e. The van der Waals surface area contributed by atoms with Crippen LogP contribution in [0.1, 0.15) is 45.1 Å². The lowest BCUT2D eigenvalue weighted by Gasteiger charge is -2.28. The highest BCUT2D eigenvalue weighted by molar-refractivity contribution is 5.09. The number of hydrogen-bond donors (Lipinski definition) is 1. The van der Waals surface area contributed by atoms with Crippen molar-refractivity contribution in [3.63, 3.8) is 0 Å². The molecule has 1 fully saturated rings. The lowest BCUT2D eigenvalue weighted by Crippen LogP contribution is -2.33. The van der Waals surface area contributed by atoms with Crippen LogP contribution in [0, 0.1) is 5.41 Å². The van der Waals surface area contributed by atoms with E-state index in [1.54, 1.807) is 0 Å². The maximum Gasteiger partial charge on any atom is 0.0521 e. The van der Waals surface area contributed by atoms with Gasteiger partial charge in [0, 0.05) is 19.3 Å². The molecular weight excluding hydrogens is 210 g/mol. The zero-order valence-corrected chi connectivity index (χ0v) is 11.2. The van der Waals surface area contributed by atoms with Crippen LogP contribution in [0.15, 0.2) is 12.4 Å². The molecule has 0 aromatic carbocycles. The lowest BCUT2D eigenvalue weighted by molar-refractivity contribution is 0.280. The van der Waals surface area contributed by atoms with E-state index < -0.39 is 0 Å². The predicted molar refractivity (Wildman–Crippen MR) is 71.0 cm³/mol. The van der Waals surface area contributed by atoms with Crippen molar-refractivity contribution in [1.82, 2.24) is 15.1 Å². The van der Waals surface area contributed by atoms with E-state index in [1.165, 1.54) is 44.2 Å². The van der Waals surface area contributed by atoms with Gasteiger partial charge in [-0.2, -0.15) is 5.10 Å². The lowest BCUT2D eigenvalue weighted by atomic mass is 9.80. The quantitative estimate of drug-likeness (QED) is 0.821. The molecule has 96 valence electrons. The van der Waals surface area contributed by atoms with Crippen LogP contribution >= 0.6 is 0 Å². The summed E-state index contributed by atoms with van der Waals surface area (Å²) in [6, 6.07) is 0. The first kappa shape index (κ1) is 12.6. The van der Waals surface area contributed by atoms with E-state index in [0.717, 1.165) is 13.1 Å². The third-order valence-electron chi connectivity index (χ3n) is 4.00. The van der Waals surface area contributed by atoms with Gasteiger partial charge in [0.25, 0.3) is 0 Å². The third-order valence-corrected chi connectivity index (χ3v) is 4.00. The predicted octanol–water partition coefficient (Wildman–Crippen LogP) is 2.62. The molecule has 0 spiro atoms. The molecule has 1 heterocycles. The first-order valence-electron chi connectivity index (χ1n) is 7.00. The highest BCUT2D eigenvalue weighted by atomic mass is 15.3. The van der Waals surface area contributed by atoms with E-state index in [4.69, 9.17) is 0 Å². The highest BCUT2D eigenvalue weighted by Crippen LogP contribution is 2.40. The average molecular weight is 235 g/mol. The van der Waals surface area contributed by atoms with Gasteiger partial charge in [0.1, 0.15) is 0 Å². The topological polar surface area (TPSA) is 29.9 Å². The summed E-state index contributed by atoms with van der Waals surface area (Å²) in [6.07, 6.45) is 11.0. The molecule has 3 heteroatoms. The summed E-state index contributed by atoms with van der Waals surface area (Å²) in [5.74, 6) is 0. The molecule has 1 aromatic rings. The molecule has 0 amide bonds. The van der Waals surface area contributed by atoms with Crippen LogP contribution in [0.4, 0.5) is 0 Å².